The molecule has 2 nitrogen and oxygen atoms in total. The molecule has 0 atom stereocenters. The maximum absolute atomic E-state index is 3.97. The predicted molar refractivity (Wildman–Crippen MR) is 76.3 cm³/mol. The molecule has 0 aromatic carbocycles. The normalized spacial score (nSPS) is 13.7. The van der Waals surface area contributed by atoms with E-state index in [9.17, 15) is 0 Å². The van der Waals surface area contributed by atoms with E-state index in [0.29, 0.717) is 0 Å². The molecule has 0 fully saturated rings. The topological polar surface area (TPSA) is 6.48 Å². The highest BCUT2D eigenvalue weighted by molar-refractivity contribution is 6.84. The molecule has 0 spiro atoms. The van der Waals surface area contributed by atoms with Crippen LogP contribution in [0.4, 0.5) is 0 Å². The van der Waals surface area contributed by atoms with Gasteiger partial charge in [0.25, 0.3) is 0 Å². The molecule has 0 saturated heterocycles. The van der Waals surface area contributed by atoms with Crippen LogP contribution in [-0.2, 0) is 0 Å². The van der Waals surface area contributed by atoms with Gasteiger partial charge in [-0.15, -0.1) is 12.3 Å². The van der Waals surface area contributed by atoms with Crippen LogP contribution < -0.4 is 0 Å². The van der Waals surface area contributed by atoms with E-state index in [1.807, 2.05) is 0 Å². The molecule has 0 bridgehead atoms. The average Bonchev–Trinajstić information content (AvgIpc) is 2.13. The minimum atomic E-state index is -1.38. The Hall–Kier alpha value is 0.0938. The van der Waals surface area contributed by atoms with E-state index in [0.717, 1.165) is 0 Å². The van der Waals surface area contributed by atoms with Crippen molar-refractivity contribution in [3.63, 3.8) is 0 Å². The summed E-state index contributed by atoms with van der Waals surface area (Å²) in [5.41, 5.74) is 2.22. The van der Waals surface area contributed by atoms with Crippen LogP contribution in [0.2, 0.25) is 31.7 Å². The van der Waals surface area contributed by atoms with Gasteiger partial charge in [0.2, 0.25) is 8.40 Å². The van der Waals surface area contributed by atoms with Crippen LogP contribution in [0.3, 0.4) is 0 Å². The highest BCUT2D eigenvalue weighted by Crippen LogP contribution is 2.23. The Morgan fingerprint density at radius 2 is 1.33 bits per heavy atom. The molecule has 0 aromatic rings. The number of rotatable bonds is 6. The molecule has 0 aliphatic rings. The molecule has 0 aromatic heterocycles. The Labute approximate surface area is 98.1 Å². The summed E-state index contributed by atoms with van der Waals surface area (Å²) >= 11 is 0. The van der Waals surface area contributed by atoms with Gasteiger partial charge in [-0.3, -0.25) is 0 Å². The fourth-order valence-electron chi connectivity index (χ4n) is 1.51. The van der Waals surface area contributed by atoms with Crippen molar-refractivity contribution in [2.24, 2.45) is 0 Å². The standard InChI is InChI=1S/C11H28N2Si2/c1-9-14(6,7)10-11-15(8,12(2)3)13(4)5/h9H,1,10-11H2,2-8H3. The van der Waals surface area contributed by atoms with Crippen LogP contribution in [0.1, 0.15) is 0 Å². The fourth-order valence-corrected chi connectivity index (χ4v) is 7.88. The third kappa shape index (κ3) is 4.22. The highest BCUT2D eigenvalue weighted by atomic mass is 28.4. The number of nitrogens with zero attached hydrogens (tertiary/aromatic N) is 2. The second kappa shape index (κ2) is 5.43. The molecule has 0 amide bonds. The zero-order valence-electron chi connectivity index (χ0n) is 11.6. The lowest BCUT2D eigenvalue weighted by atomic mass is 10.9. The summed E-state index contributed by atoms with van der Waals surface area (Å²) < 4.78 is 4.89. The van der Waals surface area contributed by atoms with Gasteiger partial charge in [-0.1, -0.05) is 19.1 Å². The minimum absolute atomic E-state index is 1.13. The lowest BCUT2D eigenvalue weighted by Crippen LogP contribution is -2.58. The Morgan fingerprint density at radius 3 is 1.60 bits per heavy atom. The van der Waals surface area contributed by atoms with E-state index in [1.165, 1.54) is 12.1 Å². The van der Waals surface area contributed by atoms with Gasteiger partial charge in [0.05, 0.1) is 8.07 Å². The highest BCUT2D eigenvalue weighted by Gasteiger charge is 2.34. The minimum Gasteiger partial charge on any atom is -0.317 e. The number of hydrogen-bond acceptors (Lipinski definition) is 2. The Bertz CT molecular complexity index is 205. The van der Waals surface area contributed by atoms with Crippen molar-refractivity contribution in [3.05, 3.63) is 12.3 Å². The van der Waals surface area contributed by atoms with Crippen molar-refractivity contribution in [2.45, 2.75) is 31.7 Å². The van der Waals surface area contributed by atoms with E-state index >= 15 is 0 Å². The second-order valence-corrected chi connectivity index (χ2v) is 15.3. The molecule has 0 heterocycles. The maximum atomic E-state index is 3.97. The van der Waals surface area contributed by atoms with Crippen molar-refractivity contribution >= 4 is 16.5 Å². The quantitative estimate of drug-likeness (QED) is 0.663. The van der Waals surface area contributed by atoms with Gasteiger partial charge in [0.15, 0.2) is 0 Å². The summed E-state index contributed by atoms with van der Waals surface area (Å²) in [7, 11) is 6.36. The number of hydrogen-bond donors (Lipinski definition) is 0. The first-order valence-corrected chi connectivity index (χ1v) is 11.5. The zero-order valence-corrected chi connectivity index (χ0v) is 13.6. The van der Waals surface area contributed by atoms with Gasteiger partial charge >= 0.3 is 0 Å². The second-order valence-electron chi connectivity index (χ2n) is 5.70. The largest absolute Gasteiger partial charge is 0.317 e. The Kier molecular flexibility index (Phi) is 5.46. The van der Waals surface area contributed by atoms with E-state index in [4.69, 9.17) is 0 Å². The summed E-state index contributed by atoms with van der Waals surface area (Å²) in [4.78, 5) is 0. The van der Waals surface area contributed by atoms with E-state index in [-0.39, 0.29) is 0 Å². The Balaban J connectivity index is 4.52. The molecule has 0 aliphatic heterocycles. The fraction of sp³-hybridized carbons (Fsp3) is 0.818. The zero-order chi connectivity index (χ0) is 12.3. The van der Waals surface area contributed by atoms with Crippen molar-refractivity contribution in [2.75, 3.05) is 28.2 Å². The van der Waals surface area contributed by atoms with Crippen LogP contribution in [0.15, 0.2) is 12.3 Å². The summed E-state index contributed by atoms with van der Waals surface area (Å²) in [6.45, 7) is 11.2. The Morgan fingerprint density at radius 1 is 0.933 bits per heavy atom. The molecule has 0 N–H and O–H groups in total. The van der Waals surface area contributed by atoms with Crippen molar-refractivity contribution < 1.29 is 0 Å². The van der Waals surface area contributed by atoms with Gasteiger partial charge in [0, 0.05) is 0 Å². The van der Waals surface area contributed by atoms with E-state index in [2.05, 4.69) is 69.2 Å². The first kappa shape index (κ1) is 15.1. The molecule has 0 unspecified atom stereocenters. The molecule has 0 aliphatic carbocycles. The molecule has 15 heavy (non-hydrogen) atoms. The van der Waals surface area contributed by atoms with Crippen LogP contribution >= 0.6 is 0 Å². The van der Waals surface area contributed by atoms with Gasteiger partial charge < -0.3 is 9.13 Å². The van der Waals surface area contributed by atoms with Gasteiger partial charge in [-0.2, -0.15) is 0 Å². The van der Waals surface area contributed by atoms with Crippen molar-refractivity contribution in [1.82, 2.24) is 9.13 Å². The molecule has 0 radical (unpaired) electrons. The molecule has 0 saturated carbocycles. The van der Waals surface area contributed by atoms with Crippen LogP contribution in [0.25, 0.3) is 0 Å². The smallest absolute Gasteiger partial charge is 0.202 e. The molecular formula is C11H28N2Si2. The van der Waals surface area contributed by atoms with Crippen LogP contribution in [0.5, 0.6) is 0 Å². The maximum Gasteiger partial charge on any atom is 0.202 e. The summed E-state index contributed by atoms with van der Waals surface area (Å²) in [5, 5.41) is 0. The van der Waals surface area contributed by atoms with Crippen molar-refractivity contribution in [1.29, 1.82) is 0 Å². The van der Waals surface area contributed by atoms with Gasteiger partial charge in [-0.05, 0) is 40.8 Å². The third-order valence-electron chi connectivity index (χ3n) is 3.72. The van der Waals surface area contributed by atoms with Crippen LogP contribution in [0, 0.1) is 0 Å². The lowest BCUT2D eigenvalue weighted by Gasteiger charge is -2.41. The van der Waals surface area contributed by atoms with E-state index in [1.54, 1.807) is 0 Å². The molecule has 0 rings (SSSR count). The van der Waals surface area contributed by atoms with Gasteiger partial charge in [-0.25, -0.2) is 0 Å². The van der Waals surface area contributed by atoms with E-state index < -0.39 is 16.5 Å². The first-order chi connectivity index (χ1) is 6.65. The lowest BCUT2D eigenvalue weighted by molar-refractivity contribution is 0.485. The first-order valence-electron chi connectivity index (χ1n) is 5.64. The monoisotopic (exact) mass is 244 g/mol. The molecule has 90 valence electrons. The summed E-state index contributed by atoms with van der Waals surface area (Å²) in [6, 6.07) is 2.70. The van der Waals surface area contributed by atoms with Crippen molar-refractivity contribution in [3.8, 4) is 0 Å². The molecular weight excluding hydrogens is 216 g/mol. The predicted octanol–water partition coefficient (Wildman–Crippen LogP) is 2.62. The average molecular weight is 245 g/mol. The third-order valence-corrected chi connectivity index (χ3v) is 11.9. The summed E-state index contributed by atoms with van der Waals surface area (Å²) in [5.74, 6) is 0. The SMILES string of the molecule is C=C[Si](C)(C)CC[Si](C)(N(C)C)N(C)C. The summed E-state index contributed by atoms with van der Waals surface area (Å²) in [6.07, 6.45) is 0. The molecule has 4 heteroatoms. The van der Waals surface area contributed by atoms with Gasteiger partial charge in [0.1, 0.15) is 0 Å². The van der Waals surface area contributed by atoms with Crippen LogP contribution in [-0.4, -0.2) is 53.8 Å².